The second-order valence-corrected chi connectivity index (χ2v) is 8.37. The normalized spacial score (nSPS) is 16.3. The molecule has 0 aliphatic carbocycles. The quantitative estimate of drug-likeness (QED) is 0.538. The molecule has 3 rings (SSSR count). The van der Waals surface area contributed by atoms with Gasteiger partial charge in [-0.3, -0.25) is 19.3 Å². The van der Waals surface area contributed by atoms with Crippen LogP contribution in [-0.4, -0.2) is 22.8 Å². The molecule has 2 aromatic rings. The van der Waals surface area contributed by atoms with Crippen LogP contribution in [0.3, 0.4) is 0 Å². The Bertz CT molecular complexity index is 1060. The minimum atomic E-state index is -0.824. The summed E-state index contributed by atoms with van der Waals surface area (Å²) in [5, 5.41) is 10.7. The van der Waals surface area contributed by atoms with Crippen LogP contribution < -0.4 is 9.64 Å². The van der Waals surface area contributed by atoms with E-state index in [1.54, 1.807) is 24.3 Å². The Balaban J connectivity index is 2.18. The molecule has 1 amide bonds. The zero-order chi connectivity index (χ0) is 22.9. The first-order chi connectivity index (χ1) is 14.6. The van der Waals surface area contributed by atoms with Crippen LogP contribution in [0.2, 0.25) is 0 Å². The van der Waals surface area contributed by atoms with Gasteiger partial charge in [-0.25, -0.2) is 0 Å². The van der Waals surface area contributed by atoms with Gasteiger partial charge in [-0.1, -0.05) is 32.0 Å². The van der Waals surface area contributed by atoms with Crippen LogP contribution in [0.1, 0.15) is 49.9 Å². The zero-order valence-electron chi connectivity index (χ0n) is 18.4. The molecular formula is C25H27NO5. The Morgan fingerprint density at radius 1 is 1.10 bits per heavy atom. The second-order valence-electron chi connectivity index (χ2n) is 8.37. The number of Topliss-reactive ketones (excluding diaryl/α,β-unsaturated/α-hetero) is 1. The van der Waals surface area contributed by atoms with E-state index in [1.807, 2.05) is 45.9 Å². The fraction of sp³-hybridized carbons (Fsp3) is 0.320. The number of aliphatic hydroxyl groups excluding tert-OH is 1. The highest BCUT2D eigenvalue weighted by atomic mass is 16.5. The number of amides is 1. The van der Waals surface area contributed by atoms with Gasteiger partial charge in [0.1, 0.15) is 5.75 Å². The first kappa shape index (κ1) is 22.3. The monoisotopic (exact) mass is 421 g/mol. The van der Waals surface area contributed by atoms with E-state index < -0.39 is 23.7 Å². The number of aryl methyl sites for hydroxylation is 2. The van der Waals surface area contributed by atoms with Crippen molar-refractivity contribution in [3.8, 4) is 5.75 Å². The molecule has 0 bridgehead atoms. The first-order valence-electron chi connectivity index (χ1n) is 10.2. The predicted octanol–water partition coefficient (Wildman–Crippen LogP) is 4.74. The van der Waals surface area contributed by atoms with Crippen LogP contribution >= 0.6 is 0 Å². The number of ether oxygens (including phenoxy) is 1. The number of nitrogens with zero attached hydrogens (tertiary/aromatic N) is 1. The van der Waals surface area contributed by atoms with E-state index in [4.69, 9.17) is 4.74 Å². The first-order valence-corrected chi connectivity index (χ1v) is 10.2. The van der Waals surface area contributed by atoms with Gasteiger partial charge in [0.2, 0.25) is 0 Å². The predicted molar refractivity (Wildman–Crippen MR) is 118 cm³/mol. The Morgan fingerprint density at radius 3 is 2.32 bits per heavy atom. The molecule has 31 heavy (non-hydrogen) atoms. The SMILES string of the molecule is CC(=O)Oc1cccc(C2C(C(=O)CC(C)C)=C(O)C(=O)N2c2cc(C)cc(C)c2)c1. The molecule has 6 nitrogen and oxygen atoms in total. The summed E-state index contributed by atoms with van der Waals surface area (Å²) in [6.45, 7) is 8.96. The summed E-state index contributed by atoms with van der Waals surface area (Å²) in [5.41, 5.74) is 3.14. The van der Waals surface area contributed by atoms with Crippen molar-refractivity contribution in [3.05, 3.63) is 70.5 Å². The van der Waals surface area contributed by atoms with Gasteiger partial charge in [-0.2, -0.15) is 0 Å². The van der Waals surface area contributed by atoms with E-state index in [1.165, 1.54) is 11.8 Å². The van der Waals surface area contributed by atoms with Gasteiger partial charge in [-0.05, 0) is 60.7 Å². The van der Waals surface area contributed by atoms with Crippen molar-refractivity contribution in [1.82, 2.24) is 0 Å². The lowest BCUT2D eigenvalue weighted by atomic mass is 9.91. The smallest absolute Gasteiger partial charge is 0.308 e. The summed E-state index contributed by atoms with van der Waals surface area (Å²) in [5.74, 6) is -1.55. The van der Waals surface area contributed by atoms with Gasteiger partial charge >= 0.3 is 5.97 Å². The summed E-state index contributed by atoms with van der Waals surface area (Å²) in [4.78, 5) is 39.1. The lowest BCUT2D eigenvalue weighted by Gasteiger charge is -2.28. The average molecular weight is 421 g/mol. The van der Waals surface area contributed by atoms with Gasteiger partial charge in [0.15, 0.2) is 11.5 Å². The van der Waals surface area contributed by atoms with Gasteiger partial charge in [-0.15, -0.1) is 0 Å². The Labute approximate surface area is 182 Å². The van der Waals surface area contributed by atoms with Crippen molar-refractivity contribution < 1.29 is 24.2 Å². The molecule has 162 valence electrons. The Kier molecular flexibility index (Phi) is 6.29. The molecule has 2 aromatic carbocycles. The molecule has 0 fully saturated rings. The van der Waals surface area contributed by atoms with Crippen molar-refractivity contribution in [1.29, 1.82) is 0 Å². The summed E-state index contributed by atoms with van der Waals surface area (Å²) in [6.07, 6.45) is 0.202. The van der Waals surface area contributed by atoms with Crippen LogP contribution in [0.25, 0.3) is 0 Å². The fourth-order valence-electron chi connectivity index (χ4n) is 3.96. The highest BCUT2D eigenvalue weighted by molar-refractivity contribution is 6.16. The maximum Gasteiger partial charge on any atom is 0.308 e. The van der Waals surface area contributed by atoms with Gasteiger partial charge < -0.3 is 9.84 Å². The van der Waals surface area contributed by atoms with Crippen molar-refractivity contribution in [2.45, 2.75) is 47.1 Å². The Hall–Kier alpha value is -3.41. The minimum Gasteiger partial charge on any atom is -0.503 e. The van der Waals surface area contributed by atoms with Crippen molar-refractivity contribution in [2.24, 2.45) is 5.92 Å². The molecule has 0 saturated carbocycles. The third kappa shape index (κ3) is 4.68. The second kappa shape index (κ2) is 8.76. The lowest BCUT2D eigenvalue weighted by molar-refractivity contribution is -0.132. The number of anilines is 1. The van der Waals surface area contributed by atoms with Crippen LogP contribution in [0.15, 0.2) is 53.8 Å². The summed E-state index contributed by atoms with van der Waals surface area (Å²) >= 11 is 0. The molecular weight excluding hydrogens is 394 g/mol. The van der Waals surface area contributed by atoms with E-state index in [0.717, 1.165) is 11.1 Å². The van der Waals surface area contributed by atoms with Crippen LogP contribution in [0.5, 0.6) is 5.75 Å². The average Bonchev–Trinajstić information content (AvgIpc) is 2.91. The maximum atomic E-state index is 13.2. The highest BCUT2D eigenvalue weighted by Gasteiger charge is 2.44. The molecule has 0 aromatic heterocycles. The standard InChI is InChI=1S/C25H27NO5/c1-14(2)9-21(28)22-23(18-7-6-8-20(13-18)31-17(5)27)26(25(30)24(22)29)19-11-15(3)10-16(4)12-19/h6-8,10-14,23,29H,9H2,1-5H3. The molecule has 1 heterocycles. The summed E-state index contributed by atoms with van der Waals surface area (Å²) < 4.78 is 5.20. The third-order valence-electron chi connectivity index (χ3n) is 5.02. The molecule has 0 spiro atoms. The molecule has 0 radical (unpaired) electrons. The molecule has 0 saturated heterocycles. The number of carbonyl (C=O) groups is 3. The lowest BCUT2D eigenvalue weighted by Crippen LogP contribution is -2.31. The number of carbonyl (C=O) groups excluding carboxylic acids is 3. The van der Waals surface area contributed by atoms with Crippen LogP contribution in [-0.2, 0) is 14.4 Å². The number of rotatable bonds is 6. The number of esters is 1. The topological polar surface area (TPSA) is 83.9 Å². The number of hydrogen-bond donors (Lipinski definition) is 1. The zero-order valence-corrected chi connectivity index (χ0v) is 18.4. The molecule has 6 heteroatoms. The third-order valence-corrected chi connectivity index (χ3v) is 5.02. The van der Waals surface area contributed by atoms with Crippen molar-refractivity contribution >= 4 is 23.3 Å². The van der Waals surface area contributed by atoms with E-state index in [0.29, 0.717) is 17.0 Å². The summed E-state index contributed by atoms with van der Waals surface area (Å²) in [6, 6.07) is 11.5. The molecule has 1 aliphatic rings. The summed E-state index contributed by atoms with van der Waals surface area (Å²) in [7, 11) is 0. The van der Waals surface area contributed by atoms with Gasteiger partial charge in [0.05, 0.1) is 11.6 Å². The van der Waals surface area contributed by atoms with E-state index in [2.05, 4.69) is 0 Å². The fourth-order valence-corrected chi connectivity index (χ4v) is 3.96. The maximum absolute atomic E-state index is 13.2. The Morgan fingerprint density at radius 2 is 1.74 bits per heavy atom. The minimum absolute atomic E-state index is 0.0613. The number of benzene rings is 2. The number of ketones is 1. The number of aliphatic hydroxyl groups is 1. The van der Waals surface area contributed by atoms with E-state index >= 15 is 0 Å². The van der Waals surface area contributed by atoms with Crippen molar-refractivity contribution in [2.75, 3.05) is 4.90 Å². The van der Waals surface area contributed by atoms with Gasteiger partial charge in [0, 0.05) is 19.0 Å². The van der Waals surface area contributed by atoms with Crippen molar-refractivity contribution in [3.63, 3.8) is 0 Å². The largest absolute Gasteiger partial charge is 0.503 e. The highest BCUT2D eigenvalue weighted by Crippen LogP contribution is 2.42. The van der Waals surface area contributed by atoms with Gasteiger partial charge in [0.25, 0.3) is 5.91 Å². The molecule has 1 unspecified atom stereocenters. The molecule has 1 atom stereocenters. The van der Waals surface area contributed by atoms with Crippen LogP contribution in [0.4, 0.5) is 5.69 Å². The van der Waals surface area contributed by atoms with E-state index in [-0.39, 0.29) is 23.7 Å². The molecule has 1 aliphatic heterocycles. The van der Waals surface area contributed by atoms with Crippen LogP contribution in [0, 0.1) is 19.8 Å². The number of hydrogen-bond acceptors (Lipinski definition) is 5. The van der Waals surface area contributed by atoms with E-state index in [9.17, 15) is 19.5 Å². The molecule has 1 N–H and O–H groups in total.